The van der Waals surface area contributed by atoms with E-state index in [0.29, 0.717) is 10.7 Å². The quantitative estimate of drug-likeness (QED) is 0.792. The van der Waals surface area contributed by atoms with Gasteiger partial charge in [0.15, 0.2) is 0 Å². The predicted molar refractivity (Wildman–Crippen MR) is 90.8 cm³/mol. The largest absolute Gasteiger partial charge is 0.301 e. The summed E-state index contributed by atoms with van der Waals surface area (Å²) in [7, 11) is 0. The van der Waals surface area contributed by atoms with E-state index in [1.165, 1.54) is 4.90 Å². The fraction of sp³-hybridized carbons (Fsp3) is 0.529. The monoisotopic (exact) mass is 335 g/mol. The number of amides is 2. The second-order valence-corrected chi connectivity index (χ2v) is 6.60. The molecule has 124 valence electrons. The summed E-state index contributed by atoms with van der Waals surface area (Å²) in [6, 6.07) is 4.99. The molecule has 0 bridgehead atoms. The Kier molecular flexibility index (Phi) is 4.71. The number of carbonyl (C=O) groups excluding carboxylic acids is 2. The lowest BCUT2D eigenvalue weighted by Crippen LogP contribution is -2.52. The fourth-order valence-electron chi connectivity index (χ4n) is 3.28. The molecule has 0 N–H and O–H groups in total. The number of nitrogens with zero attached hydrogens (tertiary/aromatic N) is 3. The van der Waals surface area contributed by atoms with Crippen molar-refractivity contribution in [3.8, 4) is 0 Å². The number of hydrogen-bond acceptors (Lipinski definition) is 4. The molecule has 23 heavy (non-hydrogen) atoms. The smallest absolute Gasteiger partial charge is 0.251 e. The Hall–Kier alpha value is -1.43. The number of halogens is 1. The van der Waals surface area contributed by atoms with E-state index in [9.17, 15) is 9.59 Å². The zero-order chi connectivity index (χ0) is 16.6. The maximum Gasteiger partial charge on any atom is 0.251 e. The van der Waals surface area contributed by atoms with E-state index in [0.717, 1.165) is 38.3 Å². The number of imide groups is 1. The second kappa shape index (κ2) is 6.59. The topological polar surface area (TPSA) is 43.9 Å². The van der Waals surface area contributed by atoms with Crippen molar-refractivity contribution in [2.45, 2.75) is 26.3 Å². The first kappa shape index (κ1) is 16.4. The summed E-state index contributed by atoms with van der Waals surface area (Å²) in [5.41, 5.74) is 1.51. The van der Waals surface area contributed by atoms with E-state index in [1.807, 2.05) is 13.0 Å². The molecule has 2 aliphatic heterocycles. The van der Waals surface area contributed by atoms with E-state index in [2.05, 4.69) is 16.7 Å². The zero-order valence-electron chi connectivity index (χ0n) is 13.6. The van der Waals surface area contributed by atoms with Crippen LogP contribution in [0, 0.1) is 6.92 Å². The van der Waals surface area contributed by atoms with Gasteiger partial charge in [-0.1, -0.05) is 24.6 Å². The Balaban J connectivity index is 1.76. The Labute approximate surface area is 141 Å². The minimum absolute atomic E-state index is 0.125. The molecule has 1 atom stereocenters. The molecule has 2 fully saturated rings. The van der Waals surface area contributed by atoms with E-state index < -0.39 is 0 Å². The van der Waals surface area contributed by atoms with Gasteiger partial charge in [-0.05, 0) is 31.2 Å². The third-order valence-corrected chi connectivity index (χ3v) is 5.24. The molecule has 2 heterocycles. The van der Waals surface area contributed by atoms with Crippen LogP contribution in [0.3, 0.4) is 0 Å². The molecule has 1 aromatic rings. The van der Waals surface area contributed by atoms with Crippen LogP contribution in [-0.2, 0) is 9.59 Å². The van der Waals surface area contributed by atoms with E-state index >= 15 is 0 Å². The molecule has 2 amide bonds. The summed E-state index contributed by atoms with van der Waals surface area (Å²) < 4.78 is 0. The molecule has 3 rings (SSSR count). The molecule has 0 unspecified atom stereocenters. The zero-order valence-corrected chi connectivity index (χ0v) is 14.3. The van der Waals surface area contributed by atoms with Gasteiger partial charge in [0.25, 0.3) is 5.91 Å². The lowest BCUT2D eigenvalue weighted by molar-refractivity contribution is -0.123. The number of hydrogen-bond donors (Lipinski definition) is 0. The maximum atomic E-state index is 12.8. The van der Waals surface area contributed by atoms with Gasteiger partial charge in [-0.25, -0.2) is 4.90 Å². The van der Waals surface area contributed by atoms with E-state index in [1.54, 1.807) is 12.1 Å². The number of anilines is 1. The highest BCUT2D eigenvalue weighted by Gasteiger charge is 2.43. The maximum absolute atomic E-state index is 12.8. The molecule has 1 aromatic carbocycles. The predicted octanol–water partition coefficient (Wildman–Crippen LogP) is 1.92. The summed E-state index contributed by atoms with van der Waals surface area (Å²) >= 11 is 6.14. The van der Waals surface area contributed by atoms with E-state index in [-0.39, 0.29) is 24.3 Å². The lowest BCUT2D eigenvalue weighted by atomic mass is 10.1. The van der Waals surface area contributed by atoms with E-state index in [4.69, 9.17) is 11.6 Å². The van der Waals surface area contributed by atoms with Crippen molar-refractivity contribution >= 4 is 29.1 Å². The Morgan fingerprint density at radius 2 is 1.87 bits per heavy atom. The van der Waals surface area contributed by atoms with Gasteiger partial charge in [-0.15, -0.1) is 0 Å². The third kappa shape index (κ3) is 3.13. The molecular weight excluding hydrogens is 314 g/mol. The lowest BCUT2D eigenvalue weighted by Gasteiger charge is -2.36. The highest BCUT2D eigenvalue weighted by atomic mass is 35.5. The van der Waals surface area contributed by atoms with Crippen molar-refractivity contribution in [3.05, 3.63) is 28.8 Å². The van der Waals surface area contributed by atoms with Crippen LogP contribution < -0.4 is 4.90 Å². The van der Waals surface area contributed by atoms with Crippen molar-refractivity contribution in [1.29, 1.82) is 0 Å². The molecule has 0 aromatic heterocycles. The van der Waals surface area contributed by atoms with Crippen LogP contribution in [0.2, 0.25) is 5.02 Å². The van der Waals surface area contributed by atoms with Crippen molar-refractivity contribution in [2.75, 3.05) is 37.6 Å². The summed E-state index contributed by atoms with van der Waals surface area (Å²) in [5.74, 6) is -0.266. The molecule has 6 heteroatoms. The van der Waals surface area contributed by atoms with Crippen molar-refractivity contribution in [3.63, 3.8) is 0 Å². The summed E-state index contributed by atoms with van der Waals surface area (Å²) in [4.78, 5) is 30.9. The Bertz CT molecular complexity index is 626. The first-order chi connectivity index (χ1) is 11.0. The van der Waals surface area contributed by atoms with Crippen LogP contribution in [0.5, 0.6) is 0 Å². The van der Waals surface area contributed by atoms with Crippen LogP contribution in [0.1, 0.15) is 18.9 Å². The highest BCUT2D eigenvalue weighted by molar-refractivity contribution is 6.32. The average Bonchev–Trinajstić information content (AvgIpc) is 2.85. The van der Waals surface area contributed by atoms with Crippen molar-refractivity contribution in [1.82, 2.24) is 9.80 Å². The molecule has 2 aliphatic rings. The van der Waals surface area contributed by atoms with Crippen LogP contribution in [0.25, 0.3) is 0 Å². The average molecular weight is 336 g/mol. The number of likely N-dealkylation sites (N-methyl/N-ethyl adjacent to an activating group) is 1. The van der Waals surface area contributed by atoms with Gasteiger partial charge >= 0.3 is 0 Å². The molecule has 2 saturated heterocycles. The summed E-state index contributed by atoms with van der Waals surface area (Å²) in [5, 5.41) is 0.572. The van der Waals surface area contributed by atoms with Gasteiger partial charge in [0.05, 0.1) is 18.2 Å². The first-order valence-corrected chi connectivity index (χ1v) is 8.48. The minimum Gasteiger partial charge on any atom is -0.301 e. The number of piperazine rings is 1. The highest BCUT2D eigenvalue weighted by Crippen LogP contribution is 2.29. The molecule has 5 nitrogen and oxygen atoms in total. The van der Waals surface area contributed by atoms with Gasteiger partial charge in [0.1, 0.15) is 0 Å². The van der Waals surface area contributed by atoms with Crippen LogP contribution in [0.4, 0.5) is 5.69 Å². The first-order valence-electron chi connectivity index (χ1n) is 8.10. The number of rotatable bonds is 3. The number of carbonyl (C=O) groups is 2. The molecule has 0 aliphatic carbocycles. The minimum atomic E-state index is -0.332. The third-order valence-electron chi connectivity index (χ3n) is 4.83. The van der Waals surface area contributed by atoms with Gasteiger partial charge in [-0.2, -0.15) is 0 Å². The van der Waals surface area contributed by atoms with Gasteiger partial charge in [0.2, 0.25) is 5.91 Å². The van der Waals surface area contributed by atoms with Crippen LogP contribution in [0.15, 0.2) is 18.2 Å². The SMILES string of the molecule is CCN1CCN([C@@H]2CC(=O)N(c3ccc(C)c(Cl)c3)C2=O)CC1. The second-order valence-electron chi connectivity index (χ2n) is 6.19. The van der Waals surface area contributed by atoms with Crippen molar-refractivity contribution in [2.24, 2.45) is 0 Å². The molecule has 0 spiro atoms. The Morgan fingerprint density at radius 3 is 2.48 bits per heavy atom. The van der Waals surface area contributed by atoms with Crippen molar-refractivity contribution < 1.29 is 9.59 Å². The van der Waals surface area contributed by atoms with Crippen LogP contribution in [-0.4, -0.2) is 60.4 Å². The molecular formula is C17H22ClN3O2. The summed E-state index contributed by atoms with van der Waals surface area (Å²) in [6.45, 7) is 8.63. The fourth-order valence-corrected chi connectivity index (χ4v) is 3.46. The van der Waals surface area contributed by atoms with Gasteiger partial charge < -0.3 is 4.90 Å². The normalized spacial score (nSPS) is 23.8. The molecule has 0 saturated carbocycles. The summed E-state index contributed by atoms with van der Waals surface area (Å²) in [6.07, 6.45) is 0.260. The number of aryl methyl sites for hydroxylation is 1. The van der Waals surface area contributed by atoms with Gasteiger partial charge in [0, 0.05) is 31.2 Å². The number of benzene rings is 1. The van der Waals surface area contributed by atoms with Gasteiger partial charge in [-0.3, -0.25) is 14.5 Å². The molecule has 0 radical (unpaired) electrons. The standard InChI is InChI=1S/C17H22ClN3O2/c1-3-19-6-8-20(9-7-19)15-11-16(22)21(17(15)23)13-5-4-12(2)14(18)10-13/h4-5,10,15H,3,6-9,11H2,1-2H3/t15-/m1/s1. The van der Waals surface area contributed by atoms with Crippen LogP contribution >= 0.6 is 11.6 Å². The Morgan fingerprint density at radius 1 is 1.17 bits per heavy atom.